The van der Waals surface area contributed by atoms with E-state index in [0.717, 1.165) is 0 Å². The molecule has 7 nitrogen and oxygen atoms in total. The van der Waals surface area contributed by atoms with Gasteiger partial charge in [0, 0.05) is 18.3 Å². The molecule has 0 aliphatic rings. The third kappa shape index (κ3) is 6.10. The van der Waals surface area contributed by atoms with E-state index < -0.39 is 6.04 Å². The van der Waals surface area contributed by atoms with Crippen molar-refractivity contribution in [3.05, 3.63) is 18.2 Å². The minimum atomic E-state index is -0.631. The summed E-state index contributed by atoms with van der Waals surface area (Å²) in [7, 11) is 3.08. The number of nitrogens with two attached hydrogens (primary N) is 1. The molecule has 1 rings (SSSR count). The number of hydrogen-bond donors (Lipinski definition) is 2. The Labute approximate surface area is 155 Å². The number of ether oxygens (including phenoxy) is 2. The molecule has 0 spiro atoms. The van der Waals surface area contributed by atoms with Crippen molar-refractivity contribution < 1.29 is 19.1 Å². The molecule has 0 aromatic heterocycles. The summed E-state index contributed by atoms with van der Waals surface area (Å²) >= 11 is 0. The lowest BCUT2D eigenvalue weighted by Crippen LogP contribution is -2.48. The van der Waals surface area contributed by atoms with E-state index in [1.54, 1.807) is 30.2 Å². The number of benzene rings is 1. The summed E-state index contributed by atoms with van der Waals surface area (Å²) in [6, 6.07) is 4.60. The number of rotatable bonds is 8. The first-order chi connectivity index (χ1) is 11.3. The smallest absolute Gasteiger partial charge is 0.246 e. The Morgan fingerprint density at radius 3 is 2.28 bits per heavy atom. The summed E-state index contributed by atoms with van der Waals surface area (Å²) in [6.45, 7) is 5.92. The number of halogens is 1. The molecule has 0 radical (unpaired) electrons. The second kappa shape index (κ2) is 10.8. The van der Waals surface area contributed by atoms with Crippen LogP contribution in [-0.4, -0.2) is 45.2 Å². The number of hydrogen-bond acceptors (Lipinski definition) is 5. The number of carbonyl (C=O) groups is 2. The highest BCUT2D eigenvalue weighted by molar-refractivity contribution is 5.97. The summed E-state index contributed by atoms with van der Waals surface area (Å²) in [5.41, 5.74) is 6.44. The number of methoxy groups -OCH3 is 2. The first kappa shape index (κ1) is 23.0. The van der Waals surface area contributed by atoms with Crippen LogP contribution >= 0.6 is 12.4 Å². The van der Waals surface area contributed by atoms with Crippen LogP contribution in [0.5, 0.6) is 11.5 Å². The third-order valence-corrected chi connectivity index (χ3v) is 3.73. The van der Waals surface area contributed by atoms with Gasteiger partial charge in [-0.05, 0) is 25.0 Å². The first-order valence-corrected chi connectivity index (χ1v) is 7.91. The maximum atomic E-state index is 12.4. The quantitative estimate of drug-likeness (QED) is 0.721. The summed E-state index contributed by atoms with van der Waals surface area (Å²) in [5, 5.41) is 2.59. The summed E-state index contributed by atoms with van der Waals surface area (Å²) < 4.78 is 10.5. The normalized spacial score (nSPS) is 11.3. The molecule has 3 N–H and O–H groups in total. The number of carbonyl (C=O) groups excluding carboxylic acids is 2. The molecule has 25 heavy (non-hydrogen) atoms. The fourth-order valence-electron chi connectivity index (χ4n) is 2.17. The first-order valence-electron chi connectivity index (χ1n) is 7.91. The van der Waals surface area contributed by atoms with Crippen LogP contribution in [0, 0.1) is 5.92 Å². The SMILES string of the molecule is CCN(C(=O)CNC(=O)[C@@H](N)C(C)C)c1ccc(OC)c(OC)c1.Cl. The zero-order valence-corrected chi connectivity index (χ0v) is 16.2. The molecule has 0 unspecified atom stereocenters. The highest BCUT2D eigenvalue weighted by Gasteiger charge is 2.20. The Balaban J connectivity index is 0.00000576. The predicted octanol–water partition coefficient (Wildman–Crippen LogP) is 1.58. The Morgan fingerprint density at radius 2 is 1.80 bits per heavy atom. The molecule has 142 valence electrons. The van der Waals surface area contributed by atoms with E-state index in [1.807, 2.05) is 20.8 Å². The van der Waals surface area contributed by atoms with Crippen LogP contribution in [0.1, 0.15) is 20.8 Å². The average Bonchev–Trinajstić information content (AvgIpc) is 2.59. The molecule has 1 aromatic rings. The van der Waals surface area contributed by atoms with Gasteiger partial charge in [-0.15, -0.1) is 12.4 Å². The Kier molecular flexibility index (Phi) is 9.93. The van der Waals surface area contributed by atoms with Gasteiger partial charge in [0.05, 0.1) is 26.8 Å². The summed E-state index contributed by atoms with van der Waals surface area (Å²) in [5.74, 6) is 0.567. The standard InChI is InChI=1S/C17H27N3O4.ClH/c1-6-20(12-7-8-13(23-4)14(9-12)24-5)15(21)10-19-17(22)16(18)11(2)3;/h7-9,11,16H,6,10,18H2,1-5H3,(H,19,22);1H/t16-;/m0./s1. The van der Waals surface area contributed by atoms with Gasteiger partial charge in [-0.3, -0.25) is 9.59 Å². The molecule has 0 heterocycles. The minimum Gasteiger partial charge on any atom is -0.493 e. The van der Waals surface area contributed by atoms with Gasteiger partial charge in [0.25, 0.3) is 0 Å². The molecule has 2 amide bonds. The molecule has 1 atom stereocenters. The van der Waals surface area contributed by atoms with Gasteiger partial charge in [-0.25, -0.2) is 0 Å². The maximum Gasteiger partial charge on any atom is 0.246 e. The Bertz CT molecular complexity index is 581. The van der Waals surface area contributed by atoms with E-state index in [4.69, 9.17) is 15.2 Å². The molecule has 0 aliphatic heterocycles. The van der Waals surface area contributed by atoms with E-state index in [-0.39, 0.29) is 36.7 Å². The predicted molar refractivity (Wildman–Crippen MR) is 101 cm³/mol. The van der Waals surface area contributed by atoms with Crippen molar-refractivity contribution in [3.8, 4) is 11.5 Å². The van der Waals surface area contributed by atoms with Gasteiger partial charge in [-0.2, -0.15) is 0 Å². The molecule has 0 fully saturated rings. The van der Waals surface area contributed by atoms with Gasteiger partial charge in [0.1, 0.15) is 0 Å². The maximum absolute atomic E-state index is 12.4. The Hall–Kier alpha value is -1.99. The van der Waals surface area contributed by atoms with Crippen LogP contribution < -0.4 is 25.4 Å². The minimum absolute atomic E-state index is 0. The van der Waals surface area contributed by atoms with Gasteiger partial charge < -0.3 is 25.4 Å². The van der Waals surface area contributed by atoms with Crippen LogP contribution in [0.25, 0.3) is 0 Å². The highest BCUT2D eigenvalue weighted by Crippen LogP contribution is 2.31. The van der Waals surface area contributed by atoms with Crippen molar-refractivity contribution in [2.24, 2.45) is 11.7 Å². The number of likely N-dealkylation sites (N-methyl/N-ethyl adjacent to an activating group) is 1. The molecule has 1 aromatic carbocycles. The lowest BCUT2D eigenvalue weighted by molar-refractivity contribution is -0.126. The molecule has 0 bridgehead atoms. The van der Waals surface area contributed by atoms with Crippen LogP contribution in [0.15, 0.2) is 18.2 Å². The van der Waals surface area contributed by atoms with E-state index in [1.165, 1.54) is 7.11 Å². The van der Waals surface area contributed by atoms with Gasteiger partial charge >= 0.3 is 0 Å². The third-order valence-electron chi connectivity index (χ3n) is 3.73. The number of anilines is 1. The molecular weight excluding hydrogens is 346 g/mol. The van der Waals surface area contributed by atoms with Crippen molar-refractivity contribution in [1.82, 2.24) is 5.32 Å². The fourth-order valence-corrected chi connectivity index (χ4v) is 2.17. The molecule has 0 saturated carbocycles. The van der Waals surface area contributed by atoms with Crippen molar-refractivity contribution in [2.45, 2.75) is 26.8 Å². The molecule has 0 aliphatic carbocycles. The lowest BCUT2D eigenvalue weighted by Gasteiger charge is -2.23. The van der Waals surface area contributed by atoms with E-state index >= 15 is 0 Å². The molecule has 0 saturated heterocycles. The zero-order chi connectivity index (χ0) is 18.3. The number of nitrogens with one attached hydrogen (secondary N) is 1. The highest BCUT2D eigenvalue weighted by atomic mass is 35.5. The van der Waals surface area contributed by atoms with Crippen LogP contribution in [0.3, 0.4) is 0 Å². The van der Waals surface area contributed by atoms with Gasteiger partial charge in [0.2, 0.25) is 11.8 Å². The largest absolute Gasteiger partial charge is 0.493 e. The van der Waals surface area contributed by atoms with E-state index in [9.17, 15) is 9.59 Å². The fraction of sp³-hybridized carbons (Fsp3) is 0.529. The number of nitrogens with zero attached hydrogens (tertiary/aromatic N) is 1. The monoisotopic (exact) mass is 373 g/mol. The van der Waals surface area contributed by atoms with Crippen molar-refractivity contribution in [1.29, 1.82) is 0 Å². The van der Waals surface area contributed by atoms with Crippen molar-refractivity contribution in [3.63, 3.8) is 0 Å². The van der Waals surface area contributed by atoms with Crippen LogP contribution in [0.2, 0.25) is 0 Å². The summed E-state index contributed by atoms with van der Waals surface area (Å²) in [6.07, 6.45) is 0. The lowest BCUT2D eigenvalue weighted by atomic mass is 10.1. The second-order valence-corrected chi connectivity index (χ2v) is 5.66. The van der Waals surface area contributed by atoms with Crippen LogP contribution in [0.4, 0.5) is 5.69 Å². The second-order valence-electron chi connectivity index (χ2n) is 5.66. The average molecular weight is 374 g/mol. The Morgan fingerprint density at radius 1 is 1.20 bits per heavy atom. The van der Waals surface area contributed by atoms with Crippen molar-refractivity contribution in [2.75, 3.05) is 32.2 Å². The zero-order valence-electron chi connectivity index (χ0n) is 15.4. The number of amides is 2. The molecule has 8 heteroatoms. The van der Waals surface area contributed by atoms with Gasteiger partial charge in [-0.1, -0.05) is 13.8 Å². The topological polar surface area (TPSA) is 93.9 Å². The van der Waals surface area contributed by atoms with Crippen LogP contribution in [-0.2, 0) is 9.59 Å². The van der Waals surface area contributed by atoms with E-state index in [0.29, 0.717) is 23.7 Å². The summed E-state index contributed by atoms with van der Waals surface area (Å²) in [4.78, 5) is 25.9. The van der Waals surface area contributed by atoms with Gasteiger partial charge in [0.15, 0.2) is 11.5 Å². The van der Waals surface area contributed by atoms with E-state index in [2.05, 4.69) is 5.32 Å². The molecular formula is C17H28ClN3O4. The van der Waals surface area contributed by atoms with Crippen molar-refractivity contribution >= 4 is 29.9 Å².